The Morgan fingerprint density at radius 2 is 2.05 bits per heavy atom. The second-order valence-corrected chi connectivity index (χ2v) is 7.67. The smallest absolute Gasteiger partial charge is 0.0614 e. The lowest BCUT2D eigenvalue weighted by Crippen LogP contribution is -2.50. The largest absolute Gasteiger partial charge is 0.394 e. The molecule has 2 aliphatic carbocycles. The van der Waals surface area contributed by atoms with Crippen molar-refractivity contribution in [3.05, 3.63) is 0 Å². The van der Waals surface area contributed by atoms with Crippen LogP contribution in [-0.4, -0.2) is 71.9 Å². The average molecular weight is 295 g/mol. The van der Waals surface area contributed by atoms with Crippen LogP contribution in [0, 0.1) is 0 Å². The van der Waals surface area contributed by atoms with Crippen LogP contribution in [0.15, 0.2) is 0 Å². The summed E-state index contributed by atoms with van der Waals surface area (Å²) in [6.45, 7) is 6.30. The van der Waals surface area contributed by atoms with Crippen LogP contribution in [-0.2, 0) is 0 Å². The lowest BCUT2D eigenvalue weighted by atomic mass is 9.97. The van der Waals surface area contributed by atoms with Crippen LogP contribution < -0.4 is 5.32 Å². The summed E-state index contributed by atoms with van der Waals surface area (Å²) in [5.74, 6) is 0. The highest BCUT2D eigenvalue weighted by molar-refractivity contribution is 5.04. The van der Waals surface area contributed by atoms with Crippen molar-refractivity contribution in [3.8, 4) is 0 Å². The first kappa shape index (κ1) is 15.7. The van der Waals surface area contributed by atoms with Crippen molar-refractivity contribution in [1.29, 1.82) is 0 Å². The fraction of sp³-hybridized carbons (Fsp3) is 1.00. The summed E-state index contributed by atoms with van der Waals surface area (Å²) in [7, 11) is 2.26. The summed E-state index contributed by atoms with van der Waals surface area (Å²) >= 11 is 0. The minimum absolute atomic E-state index is 0.0162. The molecular weight excluding hydrogens is 262 g/mol. The van der Waals surface area contributed by atoms with Crippen LogP contribution in [0.25, 0.3) is 0 Å². The molecule has 3 rings (SSSR count). The molecule has 21 heavy (non-hydrogen) atoms. The zero-order valence-electron chi connectivity index (χ0n) is 13.9. The third kappa shape index (κ3) is 3.61. The number of hydrogen-bond acceptors (Lipinski definition) is 4. The van der Waals surface area contributed by atoms with Gasteiger partial charge in [-0.25, -0.2) is 0 Å². The molecule has 0 spiro atoms. The van der Waals surface area contributed by atoms with Gasteiger partial charge in [0.25, 0.3) is 0 Å². The van der Waals surface area contributed by atoms with Gasteiger partial charge in [-0.3, -0.25) is 4.90 Å². The monoisotopic (exact) mass is 295 g/mol. The maximum Gasteiger partial charge on any atom is 0.0614 e. The van der Waals surface area contributed by atoms with E-state index in [4.69, 9.17) is 0 Å². The van der Waals surface area contributed by atoms with E-state index in [2.05, 4.69) is 29.1 Å². The molecule has 3 atom stereocenters. The number of nitrogens with zero attached hydrogens (tertiary/aromatic N) is 2. The van der Waals surface area contributed by atoms with Crippen LogP contribution in [0.3, 0.4) is 0 Å². The Bertz CT molecular complexity index is 347. The van der Waals surface area contributed by atoms with E-state index < -0.39 is 0 Å². The van der Waals surface area contributed by atoms with Crippen molar-refractivity contribution in [2.45, 2.75) is 75.5 Å². The third-order valence-corrected chi connectivity index (χ3v) is 5.86. The van der Waals surface area contributed by atoms with Gasteiger partial charge >= 0.3 is 0 Å². The number of aliphatic hydroxyl groups excluding tert-OH is 1. The second-order valence-electron chi connectivity index (χ2n) is 7.67. The Hall–Kier alpha value is -0.160. The maximum absolute atomic E-state index is 9.94. The molecule has 0 aromatic rings. The maximum atomic E-state index is 9.94. The normalized spacial score (nSPS) is 39.6. The molecule has 1 heterocycles. The Kier molecular flexibility index (Phi) is 4.89. The van der Waals surface area contributed by atoms with E-state index in [1.165, 1.54) is 51.7 Å². The molecule has 4 heteroatoms. The molecule has 0 radical (unpaired) electrons. The summed E-state index contributed by atoms with van der Waals surface area (Å²) in [6, 6.07) is 2.05. The summed E-state index contributed by atoms with van der Waals surface area (Å²) in [6.07, 6.45) is 8.67. The Labute approximate surface area is 129 Å². The van der Waals surface area contributed by atoms with E-state index in [9.17, 15) is 5.11 Å². The van der Waals surface area contributed by atoms with Gasteiger partial charge in [0, 0.05) is 30.2 Å². The molecule has 122 valence electrons. The molecule has 4 nitrogen and oxygen atoms in total. The topological polar surface area (TPSA) is 38.7 Å². The summed E-state index contributed by atoms with van der Waals surface area (Å²) in [5, 5.41) is 13.7. The molecule has 3 unspecified atom stereocenters. The Morgan fingerprint density at radius 1 is 1.24 bits per heavy atom. The van der Waals surface area contributed by atoms with Crippen molar-refractivity contribution in [2.75, 3.05) is 33.3 Å². The first-order chi connectivity index (χ1) is 10.2. The molecule has 1 aliphatic heterocycles. The van der Waals surface area contributed by atoms with Crippen molar-refractivity contribution in [3.63, 3.8) is 0 Å². The fourth-order valence-corrected chi connectivity index (χ4v) is 4.47. The van der Waals surface area contributed by atoms with Crippen molar-refractivity contribution >= 4 is 0 Å². The van der Waals surface area contributed by atoms with E-state index in [-0.39, 0.29) is 5.54 Å². The Balaban J connectivity index is 1.65. The summed E-state index contributed by atoms with van der Waals surface area (Å²) in [5.41, 5.74) is 0.0162. The summed E-state index contributed by atoms with van der Waals surface area (Å²) < 4.78 is 0. The lowest BCUT2D eigenvalue weighted by molar-refractivity contribution is 0.109. The third-order valence-electron chi connectivity index (χ3n) is 5.86. The molecule has 0 aromatic heterocycles. The fourth-order valence-electron chi connectivity index (χ4n) is 4.47. The second kappa shape index (κ2) is 6.53. The SMILES string of the molecule is CCC1CN(C)CCCN1C1CCC(CO)(NC2CC2)C1. The van der Waals surface area contributed by atoms with Crippen LogP contribution in [0.2, 0.25) is 0 Å². The van der Waals surface area contributed by atoms with Gasteiger partial charge in [0.05, 0.1) is 6.61 Å². The molecule has 1 saturated heterocycles. The van der Waals surface area contributed by atoms with Gasteiger partial charge in [-0.1, -0.05) is 6.92 Å². The molecular formula is C17H33N3O. The summed E-state index contributed by atoms with van der Waals surface area (Å²) in [4.78, 5) is 5.26. The van der Waals surface area contributed by atoms with Gasteiger partial charge < -0.3 is 15.3 Å². The molecule has 0 amide bonds. The molecule has 2 N–H and O–H groups in total. The van der Waals surface area contributed by atoms with E-state index in [0.717, 1.165) is 12.8 Å². The predicted octanol–water partition coefficient (Wildman–Crippen LogP) is 1.44. The zero-order valence-corrected chi connectivity index (χ0v) is 13.9. The van der Waals surface area contributed by atoms with Crippen LogP contribution >= 0.6 is 0 Å². The first-order valence-corrected chi connectivity index (χ1v) is 8.98. The number of hydrogen-bond donors (Lipinski definition) is 2. The predicted molar refractivity (Wildman–Crippen MR) is 86.5 cm³/mol. The van der Waals surface area contributed by atoms with Gasteiger partial charge in [0.15, 0.2) is 0 Å². The van der Waals surface area contributed by atoms with Crippen molar-refractivity contribution in [2.24, 2.45) is 0 Å². The number of rotatable bonds is 5. The van der Waals surface area contributed by atoms with E-state index in [1.807, 2.05) is 0 Å². The van der Waals surface area contributed by atoms with Crippen LogP contribution in [0.4, 0.5) is 0 Å². The van der Waals surface area contributed by atoms with Gasteiger partial charge in [-0.2, -0.15) is 0 Å². The molecule has 3 fully saturated rings. The van der Waals surface area contributed by atoms with Crippen molar-refractivity contribution < 1.29 is 5.11 Å². The molecule has 0 bridgehead atoms. The van der Waals surface area contributed by atoms with Gasteiger partial charge in [0.1, 0.15) is 0 Å². The Morgan fingerprint density at radius 3 is 2.71 bits per heavy atom. The first-order valence-electron chi connectivity index (χ1n) is 8.98. The van der Waals surface area contributed by atoms with E-state index in [1.54, 1.807) is 0 Å². The van der Waals surface area contributed by atoms with Gasteiger partial charge in [-0.15, -0.1) is 0 Å². The number of nitrogens with one attached hydrogen (secondary N) is 1. The lowest BCUT2D eigenvalue weighted by Gasteiger charge is -2.37. The highest BCUT2D eigenvalue weighted by atomic mass is 16.3. The van der Waals surface area contributed by atoms with Crippen molar-refractivity contribution in [1.82, 2.24) is 15.1 Å². The zero-order chi connectivity index (χ0) is 14.9. The molecule has 0 aromatic carbocycles. The molecule has 2 saturated carbocycles. The highest BCUT2D eigenvalue weighted by Crippen LogP contribution is 2.37. The number of likely N-dealkylation sites (N-methyl/N-ethyl adjacent to an activating group) is 1. The van der Waals surface area contributed by atoms with E-state index >= 15 is 0 Å². The quantitative estimate of drug-likeness (QED) is 0.805. The minimum atomic E-state index is 0.0162. The van der Waals surface area contributed by atoms with Crippen LogP contribution in [0.1, 0.15) is 51.9 Å². The molecule has 3 aliphatic rings. The minimum Gasteiger partial charge on any atom is -0.394 e. The van der Waals surface area contributed by atoms with E-state index in [0.29, 0.717) is 24.7 Å². The van der Waals surface area contributed by atoms with Gasteiger partial charge in [-0.05, 0) is 65.1 Å². The highest BCUT2D eigenvalue weighted by Gasteiger charge is 2.44. The van der Waals surface area contributed by atoms with Gasteiger partial charge in [0.2, 0.25) is 0 Å². The van der Waals surface area contributed by atoms with Crippen LogP contribution in [0.5, 0.6) is 0 Å². The number of aliphatic hydroxyl groups is 1. The standard InChI is InChI=1S/C17H33N3O/c1-3-15-12-19(2)9-4-10-20(15)16-7-8-17(11-16,13-21)18-14-5-6-14/h14-16,18,21H,3-13H2,1-2H3. The average Bonchev–Trinajstić information content (AvgIpc) is 3.22.